The summed E-state index contributed by atoms with van der Waals surface area (Å²) in [6.07, 6.45) is 1.79. The number of pyridine rings is 1. The number of halogens is 3. The first-order valence-corrected chi connectivity index (χ1v) is 13.7. The Morgan fingerprint density at radius 3 is 2.81 bits per heavy atom. The van der Waals surface area contributed by atoms with Crippen molar-refractivity contribution in [1.29, 1.82) is 0 Å². The van der Waals surface area contributed by atoms with Gasteiger partial charge in [0.25, 0.3) is 0 Å². The normalized spacial score (nSPS) is 22.5. The van der Waals surface area contributed by atoms with Crippen LogP contribution in [0.1, 0.15) is 48.1 Å². The molecule has 3 aliphatic rings. The lowest BCUT2D eigenvalue weighted by Crippen LogP contribution is -2.40. The molecule has 0 spiro atoms. The van der Waals surface area contributed by atoms with Crippen LogP contribution in [0.2, 0.25) is 0 Å². The summed E-state index contributed by atoms with van der Waals surface area (Å²) in [4.78, 5) is 20.9. The first kappa shape index (κ1) is 24.7. The number of thiazole rings is 1. The number of hydrogen-bond acceptors (Lipinski definition) is 5. The Morgan fingerprint density at radius 2 is 2.05 bits per heavy atom. The number of alkyl halides is 3. The van der Waals surface area contributed by atoms with Gasteiger partial charge in [0.15, 0.2) is 0 Å². The zero-order chi connectivity index (χ0) is 25.9. The number of likely N-dealkylation sites (tertiary alicyclic amines) is 1. The smallest absolute Gasteiger partial charge is 0.370 e. The van der Waals surface area contributed by atoms with Crippen molar-refractivity contribution in [3.8, 4) is 0 Å². The second-order valence-electron chi connectivity index (χ2n) is 11.1. The maximum atomic E-state index is 13.3. The minimum Gasteiger partial charge on any atom is -0.370 e. The minimum atomic E-state index is -4.39. The first-order valence-electron chi connectivity index (χ1n) is 12.9. The van der Waals surface area contributed by atoms with E-state index in [0.717, 1.165) is 66.8 Å². The van der Waals surface area contributed by atoms with E-state index in [1.807, 2.05) is 13.1 Å². The predicted octanol–water partition coefficient (Wildman–Crippen LogP) is 5.58. The van der Waals surface area contributed by atoms with E-state index in [2.05, 4.69) is 33.5 Å². The number of aromatic nitrogens is 2. The highest BCUT2D eigenvalue weighted by atomic mass is 32.1. The van der Waals surface area contributed by atoms with E-state index in [-0.39, 0.29) is 10.3 Å². The van der Waals surface area contributed by atoms with Crippen LogP contribution in [0.4, 0.5) is 13.2 Å². The zero-order valence-electron chi connectivity index (χ0n) is 21.0. The SMILES string of the molecule is C=C(N1CCc2ncc(C(F)(F)F)cc2C1)C1(CC2CC2)CCN(Cc2ccc3sc(=O)n(C)c3c2)C1. The van der Waals surface area contributed by atoms with Crippen molar-refractivity contribution >= 4 is 21.6 Å². The Hall–Kier alpha value is -2.65. The summed E-state index contributed by atoms with van der Waals surface area (Å²) in [5.41, 5.74) is 3.91. The van der Waals surface area contributed by atoms with Gasteiger partial charge in [0, 0.05) is 62.7 Å². The third kappa shape index (κ3) is 4.72. The number of rotatable bonds is 6. The average Bonchev–Trinajstić information content (AvgIpc) is 3.52. The zero-order valence-corrected chi connectivity index (χ0v) is 21.8. The fraction of sp³-hybridized carbons (Fsp3) is 0.500. The molecule has 1 saturated heterocycles. The van der Waals surface area contributed by atoms with Crippen LogP contribution in [0, 0.1) is 11.3 Å². The van der Waals surface area contributed by atoms with Gasteiger partial charge in [-0.15, -0.1) is 0 Å². The lowest BCUT2D eigenvalue weighted by molar-refractivity contribution is -0.137. The van der Waals surface area contributed by atoms with Crippen LogP contribution in [0.3, 0.4) is 0 Å². The van der Waals surface area contributed by atoms with Gasteiger partial charge in [-0.1, -0.05) is 36.8 Å². The van der Waals surface area contributed by atoms with Crippen molar-refractivity contribution in [2.24, 2.45) is 18.4 Å². The summed E-state index contributed by atoms with van der Waals surface area (Å²) < 4.78 is 42.6. The van der Waals surface area contributed by atoms with Crippen LogP contribution >= 0.6 is 11.3 Å². The van der Waals surface area contributed by atoms with Crippen LogP contribution in [0.15, 0.2) is 47.5 Å². The minimum absolute atomic E-state index is 0.0498. The Balaban J connectivity index is 1.21. The van der Waals surface area contributed by atoms with Crippen LogP contribution in [0.5, 0.6) is 0 Å². The molecule has 196 valence electrons. The molecule has 1 aliphatic carbocycles. The number of nitrogens with zero attached hydrogens (tertiary/aromatic N) is 4. The number of aryl methyl sites for hydroxylation is 1. The number of fused-ring (bicyclic) bond motifs is 2. The molecule has 1 atom stereocenters. The standard InChI is InChI=1S/C28H31F3N4OS/c1-18(35-9-7-23-21(16-35)12-22(14-32-23)28(29,30)31)27(13-19-3-4-19)8-10-34(17-27)15-20-5-6-25-24(11-20)33(2)26(36)37-25/h5-6,11-12,14,19H,1,3-4,7-10,13,15-17H2,2H3. The van der Waals surface area contributed by atoms with E-state index in [9.17, 15) is 18.0 Å². The third-order valence-corrected chi connectivity index (χ3v) is 9.45. The molecular formula is C28H31F3N4OS. The second-order valence-corrected chi connectivity index (χ2v) is 12.1. The Labute approximate surface area is 218 Å². The van der Waals surface area contributed by atoms with Gasteiger partial charge >= 0.3 is 11.0 Å². The molecule has 2 aromatic heterocycles. The summed E-state index contributed by atoms with van der Waals surface area (Å²) in [6.45, 7) is 8.40. The fourth-order valence-electron chi connectivity index (χ4n) is 6.16. The van der Waals surface area contributed by atoms with Gasteiger partial charge in [0.2, 0.25) is 0 Å². The summed E-state index contributed by atoms with van der Waals surface area (Å²) in [5.74, 6) is 0.712. The van der Waals surface area contributed by atoms with E-state index in [1.165, 1.54) is 35.8 Å². The maximum Gasteiger partial charge on any atom is 0.417 e. The highest BCUT2D eigenvalue weighted by Crippen LogP contribution is 2.50. The van der Waals surface area contributed by atoms with Crippen LogP contribution in [-0.4, -0.2) is 39.0 Å². The molecule has 5 nitrogen and oxygen atoms in total. The topological polar surface area (TPSA) is 41.4 Å². The number of hydrogen-bond donors (Lipinski definition) is 0. The van der Waals surface area contributed by atoms with Crippen molar-refractivity contribution < 1.29 is 13.2 Å². The first-order chi connectivity index (χ1) is 17.6. The van der Waals surface area contributed by atoms with Crippen molar-refractivity contribution in [2.75, 3.05) is 19.6 Å². The monoisotopic (exact) mass is 528 g/mol. The van der Waals surface area contributed by atoms with Gasteiger partial charge in [-0.05, 0) is 54.6 Å². The molecule has 9 heteroatoms. The Kier molecular flexibility index (Phi) is 5.99. The molecule has 0 radical (unpaired) electrons. The molecule has 0 amide bonds. The van der Waals surface area contributed by atoms with Crippen LogP contribution in [0.25, 0.3) is 10.2 Å². The van der Waals surface area contributed by atoms with Crippen molar-refractivity contribution in [1.82, 2.24) is 19.4 Å². The van der Waals surface area contributed by atoms with Crippen molar-refractivity contribution in [3.63, 3.8) is 0 Å². The van der Waals surface area contributed by atoms with Gasteiger partial charge in [-0.25, -0.2) is 0 Å². The molecule has 1 saturated carbocycles. The van der Waals surface area contributed by atoms with E-state index < -0.39 is 11.7 Å². The Bertz CT molecular complexity index is 1420. The molecule has 1 aromatic carbocycles. The average molecular weight is 529 g/mol. The predicted molar refractivity (Wildman–Crippen MR) is 139 cm³/mol. The van der Waals surface area contributed by atoms with Crippen molar-refractivity contribution in [3.05, 3.63) is 74.8 Å². The number of benzene rings is 1. The highest BCUT2D eigenvalue weighted by molar-refractivity contribution is 7.16. The van der Waals surface area contributed by atoms with E-state index >= 15 is 0 Å². The summed E-state index contributed by atoms with van der Waals surface area (Å²) in [7, 11) is 1.81. The van der Waals surface area contributed by atoms with Crippen LogP contribution in [-0.2, 0) is 32.7 Å². The quantitative estimate of drug-likeness (QED) is 0.419. The van der Waals surface area contributed by atoms with E-state index in [0.29, 0.717) is 24.4 Å². The molecule has 6 rings (SSSR count). The molecule has 4 heterocycles. The van der Waals surface area contributed by atoms with E-state index in [1.54, 1.807) is 4.57 Å². The Morgan fingerprint density at radius 1 is 1.24 bits per heavy atom. The second kappa shape index (κ2) is 8.98. The molecule has 2 aliphatic heterocycles. The summed E-state index contributed by atoms with van der Waals surface area (Å²) in [5, 5.41) is 0. The molecule has 0 bridgehead atoms. The summed E-state index contributed by atoms with van der Waals surface area (Å²) in [6, 6.07) is 7.54. The molecule has 1 unspecified atom stereocenters. The fourth-order valence-corrected chi connectivity index (χ4v) is 7.02. The van der Waals surface area contributed by atoms with Gasteiger partial charge in [-0.3, -0.25) is 14.7 Å². The van der Waals surface area contributed by atoms with E-state index in [4.69, 9.17) is 0 Å². The van der Waals surface area contributed by atoms with Gasteiger partial charge < -0.3 is 9.47 Å². The van der Waals surface area contributed by atoms with Crippen molar-refractivity contribution in [2.45, 2.75) is 51.4 Å². The molecule has 3 aromatic rings. The lowest BCUT2D eigenvalue weighted by atomic mass is 9.77. The van der Waals surface area contributed by atoms with Gasteiger partial charge in [0.1, 0.15) is 0 Å². The molecular weight excluding hydrogens is 497 g/mol. The largest absolute Gasteiger partial charge is 0.417 e. The highest BCUT2D eigenvalue weighted by Gasteiger charge is 2.46. The lowest BCUT2D eigenvalue weighted by Gasteiger charge is -2.41. The third-order valence-electron chi connectivity index (χ3n) is 8.43. The molecule has 2 fully saturated rings. The van der Waals surface area contributed by atoms with Gasteiger partial charge in [0.05, 0.1) is 15.8 Å². The molecule has 0 N–H and O–H groups in total. The molecule has 37 heavy (non-hydrogen) atoms. The van der Waals surface area contributed by atoms with Crippen LogP contribution < -0.4 is 4.87 Å². The van der Waals surface area contributed by atoms with Gasteiger partial charge in [-0.2, -0.15) is 13.2 Å². The summed E-state index contributed by atoms with van der Waals surface area (Å²) >= 11 is 1.27. The maximum absolute atomic E-state index is 13.3.